The van der Waals surface area contributed by atoms with Gasteiger partial charge in [-0.05, 0) is 54.8 Å². The van der Waals surface area contributed by atoms with Gasteiger partial charge >= 0.3 is 0 Å². The van der Waals surface area contributed by atoms with Crippen molar-refractivity contribution in [1.29, 1.82) is 0 Å². The number of aromatic nitrogens is 2. The Morgan fingerprint density at radius 3 is 2.45 bits per heavy atom. The SMILES string of the molecule is CCCCN1C(=O)c2[nH]nc(-c3ccc(OC)cc3)c2C1c1ccc(OCCC)c(OC)c1. The molecule has 1 aliphatic heterocycles. The van der Waals surface area contributed by atoms with Gasteiger partial charge in [0.2, 0.25) is 0 Å². The first-order valence-corrected chi connectivity index (χ1v) is 11.5. The van der Waals surface area contributed by atoms with Crippen LogP contribution in [0.2, 0.25) is 0 Å². The molecule has 3 aromatic rings. The van der Waals surface area contributed by atoms with Crippen molar-refractivity contribution in [3.8, 4) is 28.5 Å². The van der Waals surface area contributed by atoms with E-state index in [2.05, 4.69) is 24.0 Å². The fourth-order valence-corrected chi connectivity index (χ4v) is 4.26. The van der Waals surface area contributed by atoms with E-state index in [1.54, 1.807) is 14.2 Å². The molecule has 1 atom stereocenters. The maximum Gasteiger partial charge on any atom is 0.273 e. The van der Waals surface area contributed by atoms with Gasteiger partial charge < -0.3 is 19.1 Å². The molecule has 1 N–H and O–H groups in total. The number of methoxy groups -OCH3 is 2. The fourth-order valence-electron chi connectivity index (χ4n) is 4.26. The van der Waals surface area contributed by atoms with Crippen molar-refractivity contribution in [2.75, 3.05) is 27.4 Å². The summed E-state index contributed by atoms with van der Waals surface area (Å²) in [5.41, 5.74) is 4.11. The van der Waals surface area contributed by atoms with Gasteiger partial charge in [-0.1, -0.05) is 26.3 Å². The van der Waals surface area contributed by atoms with Crippen LogP contribution >= 0.6 is 0 Å². The van der Waals surface area contributed by atoms with E-state index >= 15 is 0 Å². The minimum Gasteiger partial charge on any atom is -0.497 e. The van der Waals surface area contributed by atoms with Crippen LogP contribution in [0.25, 0.3) is 11.3 Å². The molecule has 7 heteroatoms. The standard InChI is InChI=1S/C26H31N3O4/c1-5-7-14-29-25(18-10-13-20(33-15-6-2)21(16-18)32-4)22-23(27-28-24(22)26(29)30)17-8-11-19(31-3)12-9-17/h8-13,16,25H,5-7,14-15H2,1-4H3,(H,27,28). The summed E-state index contributed by atoms with van der Waals surface area (Å²) < 4.78 is 16.8. The van der Waals surface area contributed by atoms with E-state index in [0.29, 0.717) is 30.3 Å². The lowest BCUT2D eigenvalue weighted by Gasteiger charge is -2.27. The number of carbonyl (C=O) groups excluding carboxylic acids is 1. The van der Waals surface area contributed by atoms with E-state index in [9.17, 15) is 4.79 Å². The third kappa shape index (κ3) is 4.27. The van der Waals surface area contributed by atoms with Crippen molar-refractivity contribution in [1.82, 2.24) is 15.1 Å². The molecule has 0 radical (unpaired) electrons. The average molecular weight is 450 g/mol. The van der Waals surface area contributed by atoms with Crippen LogP contribution in [-0.4, -0.2) is 48.4 Å². The van der Waals surface area contributed by atoms with Gasteiger partial charge in [-0.2, -0.15) is 5.10 Å². The summed E-state index contributed by atoms with van der Waals surface area (Å²) in [5, 5.41) is 7.54. The van der Waals surface area contributed by atoms with Crippen LogP contribution in [0, 0.1) is 0 Å². The lowest BCUT2D eigenvalue weighted by atomic mass is 9.95. The molecule has 0 aliphatic carbocycles. The predicted molar refractivity (Wildman–Crippen MR) is 127 cm³/mol. The van der Waals surface area contributed by atoms with Crippen molar-refractivity contribution < 1.29 is 19.0 Å². The molecule has 174 valence electrons. The minimum absolute atomic E-state index is 0.0269. The molecule has 0 saturated heterocycles. The maximum atomic E-state index is 13.4. The second-order valence-electron chi connectivity index (χ2n) is 8.10. The number of fused-ring (bicyclic) bond motifs is 1. The highest BCUT2D eigenvalue weighted by Crippen LogP contribution is 2.44. The van der Waals surface area contributed by atoms with E-state index in [4.69, 9.17) is 14.2 Å². The number of ether oxygens (including phenoxy) is 3. The Hall–Kier alpha value is -3.48. The number of aromatic amines is 1. The lowest BCUT2D eigenvalue weighted by molar-refractivity contribution is 0.0741. The first-order valence-electron chi connectivity index (χ1n) is 11.5. The number of nitrogens with zero attached hydrogens (tertiary/aromatic N) is 2. The fraction of sp³-hybridized carbons (Fsp3) is 0.385. The Kier molecular flexibility index (Phi) is 6.87. The van der Waals surface area contributed by atoms with Crippen LogP contribution in [0.3, 0.4) is 0 Å². The van der Waals surface area contributed by atoms with Crippen LogP contribution in [0.4, 0.5) is 0 Å². The normalized spacial score (nSPS) is 15.0. The molecule has 2 heterocycles. The summed E-state index contributed by atoms with van der Waals surface area (Å²) in [7, 11) is 3.28. The Balaban J connectivity index is 1.80. The van der Waals surface area contributed by atoms with Gasteiger partial charge in [-0.15, -0.1) is 0 Å². The molecule has 2 aromatic carbocycles. The Morgan fingerprint density at radius 2 is 1.79 bits per heavy atom. The Bertz CT molecular complexity index is 1110. The van der Waals surface area contributed by atoms with Gasteiger partial charge in [0.05, 0.1) is 32.6 Å². The van der Waals surface area contributed by atoms with Crippen molar-refractivity contribution in [2.24, 2.45) is 0 Å². The summed E-state index contributed by atoms with van der Waals surface area (Å²) in [5.74, 6) is 2.11. The molecule has 0 fully saturated rings. The Morgan fingerprint density at radius 1 is 1.00 bits per heavy atom. The minimum atomic E-state index is -0.260. The summed E-state index contributed by atoms with van der Waals surface area (Å²) in [6.45, 7) is 5.48. The summed E-state index contributed by atoms with van der Waals surface area (Å²) in [6.07, 6.45) is 2.84. The molecule has 1 aromatic heterocycles. The van der Waals surface area contributed by atoms with E-state index in [1.807, 2.05) is 47.4 Å². The molecule has 0 saturated carbocycles. The molecule has 33 heavy (non-hydrogen) atoms. The monoisotopic (exact) mass is 449 g/mol. The van der Waals surface area contributed by atoms with Crippen molar-refractivity contribution in [2.45, 2.75) is 39.2 Å². The number of rotatable bonds is 10. The van der Waals surface area contributed by atoms with Crippen molar-refractivity contribution >= 4 is 5.91 Å². The zero-order chi connectivity index (χ0) is 23.4. The zero-order valence-corrected chi connectivity index (χ0v) is 19.7. The largest absolute Gasteiger partial charge is 0.497 e. The van der Waals surface area contributed by atoms with E-state index < -0.39 is 0 Å². The number of hydrogen-bond acceptors (Lipinski definition) is 5. The average Bonchev–Trinajstić information content (AvgIpc) is 3.40. The second-order valence-corrected chi connectivity index (χ2v) is 8.10. The lowest BCUT2D eigenvalue weighted by Crippen LogP contribution is -2.30. The van der Waals surface area contributed by atoms with Crippen molar-refractivity contribution in [3.63, 3.8) is 0 Å². The van der Waals surface area contributed by atoms with Crippen molar-refractivity contribution in [3.05, 3.63) is 59.3 Å². The Labute approximate surface area is 194 Å². The molecule has 1 aliphatic rings. The third-order valence-electron chi connectivity index (χ3n) is 5.94. The number of benzene rings is 2. The van der Waals surface area contributed by atoms with Gasteiger partial charge in [0.15, 0.2) is 11.5 Å². The van der Waals surface area contributed by atoms with Gasteiger partial charge in [0.25, 0.3) is 5.91 Å². The summed E-state index contributed by atoms with van der Waals surface area (Å²) in [4.78, 5) is 15.3. The van der Waals surface area contributed by atoms with E-state index in [0.717, 1.165) is 47.4 Å². The molecule has 0 bridgehead atoms. The highest BCUT2D eigenvalue weighted by molar-refractivity contribution is 6.00. The van der Waals surface area contributed by atoms with Crippen LogP contribution in [0.15, 0.2) is 42.5 Å². The third-order valence-corrected chi connectivity index (χ3v) is 5.94. The molecule has 7 nitrogen and oxygen atoms in total. The maximum absolute atomic E-state index is 13.4. The first kappa shape index (κ1) is 22.7. The highest BCUT2D eigenvalue weighted by atomic mass is 16.5. The second kappa shape index (κ2) is 9.98. The van der Waals surface area contributed by atoms with Crippen LogP contribution in [-0.2, 0) is 0 Å². The zero-order valence-electron chi connectivity index (χ0n) is 19.7. The van der Waals surface area contributed by atoms with Crippen LogP contribution in [0.5, 0.6) is 17.2 Å². The van der Waals surface area contributed by atoms with Gasteiger partial charge in [0.1, 0.15) is 11.4 Å². The molecule has 1 unspecified atom stereocenters. The highest BCUT2D eigenvalue weighted by Gasteiger charge is 2.42. The number of nitrogens with one attached hydrogen (secondary N) is 1. The molecule has 0 spiro atoms. The number of unbranched alkanes of at least 4 members (excludes halogenated alkanes) is 1. The first-order chi connectivity index (χ1) is 16.1. The van der Waals surface area contributed by atoms with Crippen LogP contribution in [0.1, 0.15) is 60.8 Å². The predicted octanol–water partition coefficient (Wildman–Crippen LogP) is 5.23. The van der Waals surface area contributed by atoms with Crippen LogP contribution < -0.4 is 14.2 Å². The molecular weight excluding hydrogens is 418 g/mol. The smallest absolute Gasteiger partial charge is 0.273 e. The number of H-pyrrole nitrogens is 1. The topological polar surface area (TPSA) is 76.7 Å². The summed E-state index contributed by atoms with van der Waals surface area (Å²) >= 11 is 0. The molecule has 4 rings (SSSR count). The van der Waals surface area contributed by atoms with Gasteiger partial charge in [-0.25, -0.2) is 0 Å². The van der Waals surface area contributed by atoms with E-state index in [-0.39, 0.29) is 11.9 Å². The number of amides is 1. The summed E-state index contributed by atoms with van der Waals surface area (Å²) in [6, 6.07) is 13.4. The van der Waals surface area contributed by atoms with E-state index in [1.165, 1.54) is 0 Å². The quantitative estimate of drug-likeness (QED) is 0.459. The molecular formula is C26H31N3O4. The molecule has 1 amide bonds. The number of carbonyl (C=O) groups is 1. The van der Waals surface area contributed by atoms with Gasteiger partial charge in [-0.3, -0.25) is 9.89 Å². The van der Waals surface area contributed by atoms with Gasteiger partial charge in [0, 0.05) is 17.7 Å². The number of hydrogen-bond donors (Lipinski definition) is 1.